The summed E-state index contributed by atoms with van der Waals surface area (Å²) in [6, 6.07) is 11.3. The van der Waals surface area contributed by atoms with Crippen LogP contribution >= 0.6 is 11.3 Å². The number of amides is 1. The van der Waals surface area contributed by atoms with E-state index in [-0.39, 0.29) is 5.91 Å². The van der Waals surface area contributed by atoms with Crippen LogP contribution in [0.5, 0.6) is 0 Å². The van der Waals surface area contributed by atoms with Crippen molar-refractivity contribution in [1.82, 2.24) is 9.88 Å². The highest BCUT2D eigenvalue weighted by molar-refractivity contribution is 7.07. The Bertz CT molecular complexity index is 750. The van der Waals surface area contributed by atoms with Crippen LogP contribution in [0.2, 0.25) is 0 Å². The molecule has 3 heterocycles. The molecule has 0 saturated heterocycles. The fraction of sp³-hybridized carbons (Fsp3) is 0.111. The van der Waals surface area contributed by atoms with Crippen LogP contribution < -0.4 is 0 Å². The first-order valence-electron chi connectivity index (χ1n) is 7.23. The smallest absolute Gasteiger partial charge is 0.247 e. The Morgan fingerprint density at radius 2 is 2.17 bits per heavy atom. The van der Waals surface area contributed by atoms with Crippen LogP contribution in [0.25, 0.3) is 6.08 Å². The molecule has 5 heteroatoms. The Labute approximate surface area is 138 Å². The SMILES string of the molecule is O=C(/C=C/c1ccco1)N(Cc1ccsc1)Cc1ccccn1. The summed E-state index contributed by atoms with van der Waals surface area (Å²) in [6.45, 7) is 1.03. The quantitative estimate of drug-likeness (QED) is 0.644. The van der Waals surface area contributed by atoms with E-state index in [0.29, 0.717) is 18.8 Å². The molecule has 0 radical (unpaired) electrons. The van der Waals surface area contributed by atoms with Gasteiger partial charge in [-0.25, -0.2) is 0 Å². The Kier molecular flexibility index (Phi) is 5.01. The molecule has 0 aromatic carbocycles. The maximum atomic E-state index is 12.5. The Morgan fingerprint density at radius 3 is 2.87 bits per heavy atom. The van der Waals surface area contributed by atoms with Crippen LogP contribution in [-0.2, 0) is 17.9 Å². The molecule has 3 aromatic heterocycles. The van der Waals surface area contributed by atoms with Gasteiger partial charge in [-0.2, -0.15) is 11.3 Å². The molecule has 0 aliphatic rings. The molecule has 23 heavy (non-hydrogen) atoms. The van der Waals surface area contributed by atoms with Crippen molar-refractivity contribution in [2.45, 2.75) is 13.1 Å². The van der Waals surface area contributed by atoms with Crippen molar-refractivity contribution in [1.29, 1.82) is 0 Å². The summed E-state index contributed by atoms with van der Waals surface area (Å²) in [6.07, 6.45) is 6.54. The fourth-order valence-electron chi connectivity index (χ4n) is 2.15. The second-order valence-corrected chi connectivity index (χ2v) is 5.78. The molecule has 0 aliphatic heterocycles. The first-order valence-corrected chi connectivity index (χ1v) is 8.17. The molecule has 0 N–H and O–H groups in total. The average Bonchev–Trinajstić information content (AvgIpc) is 3.26. The Hall–Kier alpha value is -2.66. The van der Waals surface area contributed by atoms with Crippen molar-refractivity contribution in [2.24, 2.45) is 0 Å². The van der Waals surface area contributed by atoms with Crippen LogP contribution in [0.3, 0.4) is 0 Å². The van der Waals surface area contributed by atoms with E-state index in [1.165, 1.54) is 6.08 Å². The lowest BCUT2D eigenvalue weighted by Gasteiger charge is -2.20. The minimum Gasteiger partial charge on any atom is -0.465 e. The van der Waals surface area contributed by atoms with E-state index in [4.69, 9.17) is 4.42 Å². The number of hydrogen-bond donors (Lipinski definition) is 0. The van der Waals surface area contributed by atoms with Gasteiger partial charge in [0.1, 0.15) is 5.76 Å². The highest BCUT2D eigenvalue weighted by atomic mass is 32.1. The molecular formula is C18H16N2O2S. The molecule has 116 valence electrons. The lowest BCUT2D eigenvalue weighted by molar-refractivity contribution is -0.127. The summed E-state index contributed by atoms with van der Waals surface area (Å²) in [5, 5.41) is 4.06. The topological polar surface area (TPSA) is 46.3 Å². The van der Waals surface area contributed by atoms with E-state index < -0.39 is 0 Å². The summed E-state index contributed by atoms with van der Waals surface area (Å²) in [7, 11) is 0. The number of carbonyl (C=O) groups excluding carboxylic acids is 1. The van der Waals surface area contributed by atoms with Gasteiger partial charge in [0.15, 0.2) is 0 Å². The molecule has 0 aliphatic carbocycles. The van der Waals surface area contributed by atoms with Gasteiger partial charge in [-0.3, -0.25) is 9.78 Å². The van der Waals surface area contributed by atoms with Gasteiger partial charge in [0.2, 0.25) is 5.91 Å². The normalized spacial score (nSPS) is 11.0. The van der Waals surface area contributed by atoms with Gasteiger partial charge in [0.25, 0.3) is 0 Å². The van der Waals surface area contributed by atoms with Crippen molar-refractivity contribution in [3.8, 4) is 0 Å². The Balaban J connectivity index is 1.74. The molecule has 3 rings (SSSR count). The molecule has 0 saturated carbocycles. The highest BCUT2D eigenvalue weighted by Crippen LogP contribution is 2.13. The highest BCUT2D eigenvalue weighted by Gasteiger charge is 2.13. The molecule has 0 bridgehead atoms. The van der Waals surface area contributed by atoms with Gasteiger partial charge in [-0.05, 0) is 52.7 Å². The number of furan rings is 1. The van der Waals surface area contributed by atoms with Crippen molar-refractivity contribution in [3.63, 3.8) is 0 Å². The Morgan fingerprint density at radius 1 is 1.22 bits per heavy atom. The van der Waals surface area contributed by atoms with Crippen molar-refractivity contribution in [3.05, 3.63) is 82.7 Å². The lowest BCUT2D eigenvalue weighted by atomic mass is 10.2. The average molecular weight is 324 g/mol. The second kappa shape index (κ2) is 7.56. The minimum absolute atomic E-state index is 0.0711. The largest absolute Gasteiger partial charge is 0.465 e. The molecule has 0 spiro atoms. The number of rotatable bonds is 6. The first kappa shape index (κ1) is 15.2. The first-order chi connectivity index (χ1) is 11.3. The zero-order valence-corrected chi connectivity index (χ0v) is 13.3. The maximum absolute atomic E-state index is 12.5. The number of pyridine rings is 1. The maximum Gasteiger partial charge on any atom is 0.247 e. The van der Waals surface area contributed by atoms with Crippen molar-refractivity contribution in [2.75, 3.05) is 0 Å². The zero-order valence-electron chi connectivity index (χ0n) is 12.5. The molecule has 0 fully saturated rings. The third kappa shape index (κ3) is 4.40. The zero-order chi connectivity index (χ0) is 15.9. The molecule has 3 aromatic rings. The van der Waals surface area contributed by atoms with Gasteiger partial charge in [-0.1, -0.05) is 6.07 Å². The number of aromatic nitrogens is 1. The van der Waals surface area contributed by atoms with Gasteiger partial charge in [0, 0.05) is 18.8 Å². The summed E-state index contributed by atoms with van der Waals surface area (Å²) < 4.78 is 5.22. The van der Waals surface area contributed by atoms with Gasteiger partial charge in [-0.15, -0.1) is 0 Å². The van der Waals surface area contributed by atoms with E-state index in [9.17, 15) is 4.79 Å². The minimum atomic E-state index is -0.0711. The third-order valence-corrected chi connectivity index (χ3v) is 4.01. The van der Waals surface area contributed by atoms with E-state index in [2.05, 4.69) is 10.4 Å². The standard InChI is InChI=1S/C18H16N2O2S/c21-18(7-6-17-5-3-10-22-17)20(12-15-8-11-23-14-15)13-16-4-1-2-9-19-16/h1-11,14H,12-13H2/b7-6+. The number of nitrogens with zero attached hydrogens (tertiary/aromatic N) is 2. The van der Waals surface area contributed by atoms with Gasteiger partial charge in [0.05, 0.1) is 18.5 Å². The second-order valence-electron chi connectivity index (χ2n) is 5.00. The number of hydrogen-bond acceptors (Lipinski definition) is 4. The van der Waals surface area contributed by atoms with Crippen molar-refractivity contribution < 1.29 is 9.21 Å². The van der Waals surface area contributed by atoms with Gasteiger partial charge < -0.3 is 9.32 Å². The molecule has 1 amide bonds. The van der Waals surface area contributed by atoms with Gasteiger partial charge >= 0.3 is 0 Å². The summed E-state index contributed by atoms with van der Waals surface area (Å²) in [5.41, 5.74) is 1.98. The predicted octanol–water partition coefficient (Wildman–Crippen LogP) is 3.98. The van der Waals surface area contributed by atoms with Crippen LogP contribution in [0.1, 0.15) is 17.0 Å². The fourth-order valence-corrected chi connectivity index (χ4v) is 2.81. The number of thiophene rings is 1. The molecule has 4 nitrogen and oxygen atoms in total. The molecule has 0 atom stereocenters. The predicted molar refractivity (Wildman–Crippen MR) is 90.6 cm³/mol. The summed E-state index contributed by atoms with van der Waals surface area (Å²) in [4.78, 5) is 18.6. The van der Waals surface area contributed by atoms with E-state index in [1.54, 1.807) is 40.8 Å². The van der Waals surface area contributed by atoms with E-state index in [0.717, 1.165) is 11.3 Å². The van der Waals surface area contributed by atoms with Crippen LogP contribution in [-0.4, -0.2) is 15.8 Å². The van der Waals surface area contributed by atoms with Crippen molar-refractivity contribution >= 4 is 23.3 Å². The van der Waals surface area contributed by atoms with E-state index >= 15 is 0 Å². The van der Waals surface area contributed by atoms with Crippen LogP contribution in [0.15, 0.2) is 70.1 Å². The third-order valence-electron chi connectivity index (χ3n) is 3.28. The summed E-state index contributed by atoms with van der Waals surface area (Å²) in [5.74, 6) is 0.588. The molecule has 0 unspecified atom stereocenters. The number of carbonyl (C=O) groups is 1. The van der Waals surface area contributed by atoms with Crippen LogP contribution in [0, 0.1) is 0 Å². The van der Waals surface area contributed by atoms with Crippen LogP contribution in [0.4, 0.5) is 0 Å². The van der Waals surface area contributed by atoms with E-state index in [1.807, 2.05) is 35.7 Å². The lowest BCUT2D eigenvalue weighted by Crippen LogP contribution is -2.28. The monoisotopic (exact) mass is 324 g/mol. The summed E-state index contributed by atoms with van der Waals surface area (Å²) >= 11 is 1.62. The molecular weight excluding hydrogens is 308 g/mol.